The molecule has 32 heavy (non-hydrogen) atoms. The standard InChI is InChI=1S/C26H31N3O3/c1-4-25-27-23-16-20(18(3)30)9-10-24(23)29(25)22-8-6-7-21(17-22)28-13-11-19(12-14-28)15-26(31)32-5-2/h6-10,16-17,19H,4-5,11-15H2,1-3H3. The monoisotopic (exact) mass is 433 g/mol. The molecule has 2 aromatic carbocycles. The van der Waals surface area contributed by atoms with Crippen molar-refractivity contribution < 1.29 is 14.3 Å². The van der Waals surface area contributed by atoms with Crippen molar-refractivity contribution in [2.24, 2.45) is 5.92 Å². The van der Waals surface area contributed by atoms with Gasteiger partial charge in [-0.3, -0.25) is 14.2 Å². The zero-order valence-corrected chi connectivity index (χ0v) is 19.1. The molecule has 6 nitrogen and oxygen atoms in total. The number of imidazole rings is 1. The lowest BCUT2D eigenvalue weighted by Crippen LogP contribution is -2.34. The van der Waals surface area contributed by atoms with Gasteiger partial charge in [-0.1, -0.05) is 13.0 Å². The van der Waals surface area contributed by atoms with Crippen LogP contribution in [0.4, 0.5) is 5.69 Å². The Balaban J connectivity index is 1.57. The minimum Gasteiger partial charge on any atom is -0.466 e. The highest BCUT2D eigenvalue weighted by atomic mass is 16.5. The van der Waals surface area contributed by atoms with Gasteiger partial charge >= 0.3 is 5.97 Å². The zero-order chi connectivity index (χ0) is 22.7. The summed E-state index contributed by atoms with van der Waals surface area (Å²) in [6.07, 6.45) is 3.30. The molecule has 0 N–H and O–H groups in total. The van der Waals surface area contributed by atoms with Crippen molar-refractivity contribution in [3.8, 4) is 5.69 Å². The fourth-order valence-corrected chi connectivity index (χ4v) is 4.55. The summed E-state index contributed by atoms with van der Waals surface area (Å²) in [5.41, 5.74) is 4.80. The quantitative estimate of drug-likeness (QED) is 0.389. The molecule has 0 unspecified atom stereocenters. The van der Waals surface area contributed by atoms with Gasteiger partial charge in [-0.25, -0.2) is 4.98 Å². The van der Waals surface area contributed by atoms with Crippen LogP contribution in [0.2, 0.25) is 0 Å². The number of benzene rings is 2. The maximum atomic E-state index is 11.8. The SMILES string of the molecule is CCOC(=O)CC1CCN(c2cccc(-n3c(CC)nc4cc(C(C)=O)ccc43)c2)CC1. The van der Waals surface area contributed by atoms with Crippen molar-refractivity contribution >= 4 is 28.5 Å². The molecule has 0 atom stereocenters. The molecule has 1 aliphatic heterocycles. The molecule has 3 aromatic rings. The second-order valence-corrected chi connectivity index (χ2v) is 8.44. The summed E-state index contributed by atoms with van der Waals surface area (Å²) in [4.78, 5) is 30.8. The number of hydrogen-bond donors (Lipinski definition) is 0. The van der Waals surface area contributed by atoms with Crippen LogP contribution in [0.25, 0.3) is 16.7 Å². The van der Waals surface area contributed by atoms with Crippen LogP contribution in [0.3, 0.4) is 0 Å². The maximum Gasteiger partial charge on any atom is 0.306 e. The highest BCUT2D eigenvalue weighted by Gasteiger charge is 2.23. The number of hydrogen-bond acceptors (Lipinski definition) is 5. The van der Waals surface area contributed by atoms with E-state index in [2.05, 4.69) is 40.7 Å². The molecular weight excluding hydrogens is 402 g/mol. The molecule has 0 aliphatic carbocycles. The second-order valence-electron chi connectivity index (χ2n) is 8.44. The summed E-state index contributed by atoms with van der Waals surface area (Å²) in [7, 11) is 0. The van der Waals surface area contributed by atoms with Gasteiger partial charge in [0.05, 0.1) is 17.6 Å². The number of fused-ring (bicyclic) bond motifs is 1. The van der Waals surface area contributed by atoms with E-state index in [9.17, 15) is 9.59 Å². The minimum atomic E-state index is -0.0834. The number of esters is 1. The van der Waals surface area contributed by atoms with Gasteiger partial charge in [0.15, 0.2) is 5.78 Å². The summed E-state index contributed by atoms with van der Waals surface area (Å²) in [6.45, 7) is 7.84. The van der Waals surface area contributed by atoms with Gasteiger partial charge in [0, 0.05) is 42.9 Å². The van der Waals surface area contributed by atoms with Gasteiger partial charge in [0.25, 0.3) is 0 Å². The molecule has 1 aromatic heterocycles. The van der Waals surface area contributed by atoms with Crippen LogP contribution in [0.15, 0.2) is 42.5 Å². The molecule has 0 spiro atoms. The lowest BCUT2D eigenvalue weighted by atomic mass is 9.93. The number of ether oxygens (including phenoxy) is 1. The van der Waals surface area contributed by atoms with E-state index >= 15 is 0 Å². The average molecular weight is 434 g/mol. The van der Waals surface area contributed by atoms with Crippen LogP contribution in [0, 0.1) is 5.92 Å². The van der Waals surface area contributed by atoms with Crippen molar-refractivity contribution in [2.45, 2.75) is 46.5 Å². The van der Waals surface area contributed by atoms with E-state index in [0.717, 1.165) is 54.9 Å². The topological polar surface area (TPSA) is 64.4 Å². The lowest BCUT2D eigenvalue weighted by Gasteiger charge is -2.33. The van der Waals surface area contributed by atoms with Gasteiger partial charge in [-0.2, -0.15) is 0 Å². The van der Waals surface area contributed by atoms with E-state index in [-0.39, 0.29) is 11.8 Å². The second kappa shape index (κ2) is 9.55. The zero-order valence-electron chi connectivity index (χ0n) is 19.1. The Kier molecular flexibility index (Phi) is 6.58. The molecule has 168 valence electrons. The highest BCUT2D eigenvalue weighted by Crippen LogP contribution is 2.29. The molecule has 6 heteroatoms. The predicted molar refractivity (Wildman–Crippen MR) is 127 cm³/mol. The average Bonchev–Trinajstić information content (AvgIpc) is 3.17. The molecule has 4 rings (SSSR count). The first-order valence-corrected chi connectivity index (χ1v) is 11.5. The normalized spacial score (nSPS) is 14.7. The number of aryl methyl sites for hydroxylation is 1. The van der Waals surface area contributed by atoms with E-state index in [4.69, 9.17) is 9.72 Å². The van der Waals surface area contributed by atoms with E-state index in [1.54, 1.807) is 6.92 Å². The Labute approximate surface area is 189 Å². The number of anilines is 1. The van der Waals surface area contributed by atoms with Crippen molar-refractivity contribution in [3.63, 3.8) is 0 Å². The first-order valence-electron chi connectivity index (χ1n) is 11.5. The Hall–Kier alpha value is -3.15. The molecular formula is C26H31N3O3. The van der Waals surface area contributed by atoms with Crippen LogP contribution < -0.4 is 4.90 Å². The fraction of sp³-hybridized carbons (Fsp3) is 0.423. The molecule has 2 heterocycles. The third kappa shape index (κ3) is 4.54. The molecule has 1 fully saturated rings. The summed E-state index contributed by atoms with van der Waals surface area (Å²) < 4.78 is 7.30. The first-order chi connectivity index (χ1) is 15.5. The molecule has 0 bridgehead atoms. The summed E-state index contributed by atoms with van der Waals surface area (Å²) in [6, 6.07) is 14.3. The number of aromatic nitrogens is 2. The van der Waals surface area contributed by atoms with E-state index in [1.807, 2.05) is 25.1 Å². The minimum absolute atomic E-state index is 0.0489. The third-order valence-corrected chi connectivity index (χ3v) is 6.27. The maximum absolute atomic E-state index is 11.8. The van der Waals surface area contributed by atoms with Crippen molar-refractivity contribution in [1.29, 1.82) is 0 Å². The molecule has 0 radical (unpaired) electrons. The molecule has 1 saturated heterocycles. The lowest BCUT2D eigenvalue weighted by molar-refractivity contribution is -0.144. The van der Waals surface area contributed by atoms with Gasteiger partial charge in [-0.15, -0.1) is 0 Å². The highest BCUT2D eigenvalue weighted by molar-refractivity contribution is 5.97. The van der Waals surface area contributed by atoms with E-state index < -0.39 is 0 Å². The first kappa shape index (κ1) is 22.1. The fourth-order valence-electron chi connectivity index (χ4n) is 4.55. The number of rotatable bonds is 7. The van der Waals surface area contributed by atoms with Crippen molar-refractivity contribution in [2.75, 3.05) is 24.6 Å². The molecule has 0 amide bonds. The van der Waals surface area contributed by atoms with E-state index in [0.29, 0.717) is 24.5 Å². The number of carbonyl (C=O) groups is 2. The van der Waals surface area contributed by atoms with E-state index in [1.165, 1.54) is 5.69 Å². The summed E-state index contributed by atoms with van der Waals surface area (Å²) >= 11 is 0. The Morgan fingerprint density at radius 3 is 2.50 bits per heavy atom. The number of nitrogens with zero attached hydrogens (tertiary/aromatic N) is 3. The number of piperidine rings is 1. The predicted octanol–water partition coefficient (Wildman–Crippen LogP) is 4.96. The van der Waals surface area contributed by atoms with Crippen LogP contribution in [0.1, 0.15) is 56.2 Å². The molecule has 0 saturated carbocycles. The van der Waals surface area contributed by atoms with Gasteiger partial charge < -0.3 is 9.64 Å². The summed E-state index contributed by atoms with van der Waals surface area (Å²) in [5, 5.41) is 0. The number of carbonyl (C=O) groups excluding carboxylic acids is 2. The van der Waals surface area contributed by atoms with Gasteiger partial charge in [0.1, 0.15) is 5.82 Å². The smallest absolute Gasteiger partial charge is 0.306 e. The Morgan fingerprint density at radius 1 is 1.06 bits per heavy atom. The Morgan fingerprint density at radius 2 is 1.81 bits per heavy atom. The number of ketones is 1. The van der Waals surface area contributed by atoms with Crippen LogP contribution in [0.5, 0.6) is 0 Å². The largest absolute Gasteiger partial charge is 0.466 e. The molecule has 1 aliphatic rings. The van der Waals surface area contributed by atoms with Gasteiger partial charge in [0.2, 0.25) is 0 Å². The number of Topliss-reactive ketones (excluding diaryl/α,β-unsaturated/α-hetero) is 1. The van der Waals surface area contributed by atoms with Crippen molar-refractivity contribution in [1.82, 2.24) is 9.55 Å². The van der Waals surface area contributed by atoms with Crippen molar-refractivity contribution in [3.05, 3.63) is 53.9 Å². The van der Waals surface area contributed by atoms with Crippen LogP contribution in [-0.4, -0.2) is 41.0 Å². The van der Waals surface area contributed by atoms with Crippen LogP contribution >= 0.6 is 0 Å². The van der Waals surface area contributed by atoms with Gasteiger partial charge in [-0.05, 0) is 69.0 Å². The van der Waals surface area contributed by atoms with Crippen LogP contribution in [-0.2, 0) is 16.0 Å². The third-order valence-electron chi connectivity index (χ3n) is 6.27. The summed E-state index contributed by atoms with van der Waals surface area (Å²) in [5.74, 6) is 1.34. The Bertz CT molecular complexity index is 1130.